The molecule has 0 bridgehead atoms. The van der Waals surface area contributed by atoms with E-state index in [9.17, 15) is 0 Å². The van der Waals surface area contributed by atoms with Crippen molar-refractivity contribution in [1.29, 1.82) is 0 Å². The van der Waals surface area contributed by atoms with Gasteiger partial charge in [-0.25, -0.2) is 15.0 Å². The van der Waals surface area contributed by atoms with Gasteiger partial charge in [-0.2, -0.15) is 0 Å². The summed E-state index contributed by atoms with van der Waals surface area (Å²) < 4.78 is 8.96. The van der Waals surface area contributed by atoms with Gasteiger partial charge in [0, 0.05) is 71.2 Å². The molecule has 4 aromatic heterocycles. The zero-order valence-corrected chi connectivity index (χ0v) is 32.8. The van der Waals surface area contributed by atoms with Crippen LogP contribution in [0, 0.1) is 0 Å². The second-order valence-electron chi connectivity index (χ2n) is 14.8. The summed E-state index contributed by atoms with van der Waals surface area (Å²) in [5.74, 6) is 1.81. The average molecular weight is 786 g/mol. The molecule has 0 fully saturated rings. The Morgan fingerprint density at radius 2 is 1.13 bits per heavy atom. The molecule has 0 radical (unpaired) electrons. The first-order chi connectivity index (χ1) is 29.7. The van der Waals surface area contributed by atoms with Crippen molar-refractivity contribution in [2.75, 3.05) is 0 Å². The van der Waals surface area contributed by atoms with Gasteiger partial charge in [0.05, 0.1) is 11.9 Å². The minimum Gasteiger partial charge on any atom is -0.455 e. The van der Waals surface area contributed by atoms with Crippen molar-refractivity contribution in [3.8, 4) is 67.7 Å². The van der Waals surface area contributed by atoms with E-state index in [1.54, 1.807) is 23.7 Å². The lowest BCUT2D eigenvalue weighted by Gasteiger charge is -2.10. The van der Waals surface area contributed by atoms with Crippen LogP contribution in [0.2, 0.25) is 0 Å². The van der Waals surface area contributed by atoms with Crippen LogP contribution in [0.25, 0.3) is 121 Å². The summed E-state index contributed by atoms with van der Waals surface area (Å²) in [5, 5.41) is 6.62. The molecule has 0 N–H and O–H groups in total. The predicted octanol–water partition coefficient (Wildman–Crippen LogP) is 14.1. The third-order valence-electron chi connectivity index (χ3n) is 11.3. The largest absolute Gasteiger partial charge is 0.455 e. The average Bonchev–Trinajstić information content (AvgIpc) is 3.90. The minimum absolute atomic E-state index is 0.586. The highest BCUT2D eigenvalue weighted by molar-refractivity contribution is 7.26. The first-order valence-electron chi connectivity index (χ1n) is 19.8. The highest BCUT2D eigenvalue weighted by atomic mass is 32.1. The summed E-state index contributed by atoms with van der Waals surface area (Å²) in [6, 6.07) is 59.2. The molecule has 280 valence electrons. The second kappa shape index (κ2) is 13.9. The number of hydrogen-bond acceptors (Lipinski definition) is 7. The molecular formula is C53H31N5OS. The molecular weight excluding hydrogens is 755 g/mol. The number of rotatable bonds is 6. The van der Waals surface area contributed by atoms with E-state index in [1.165, 1.54) is 10.1 Å². The van der Waals surface area contributed by atoms with E-state index in [-0.39, 0.29) is 0 Å². The van der Waals surface area contributed by atoms with Crippen molar-refractivity contribution in [2.24, 2.45) is 0 Å². The summed E-state index contributed by atoms with van der Waals surface area (Å²) in [5.41, 5.74) is 10.6. The Kier molecular flexibility index (Phi) is 7.92. The molecule has 0 saturated heterocycles. The predicted molar refractivity (Wildman–Crippen MR) is 246 cm³/mol. The van der Waals surface area contributed by atoms with Crippen LogP contribution in [0.15, 0.2) is 193 Å². The maximum absolute atomic E-state index is 6.67. The van der Waals surface area contributed by atoms with Gasteiger partial charge in [0.1, 0.15) is 11.2 Å². The fourth-order valence-corrected chi connectivity index (χ4v) is 9.74. The number of benzene rings is 8. The lowest BCUT2D eigenvalue weighted by molar-refractivity contribution is 0.670. The lowest BCUT2D eigenvalue weighted by Crippen LogP contribution is -2.00. The van der Waals surface area contributed by atoms with Crippen LogP contribution in [-0.2, 0) is 0 Å². The number of thiophene rings is 1. The minimum atomic E-state index is 0.586. The van der Waals surface area contributed by atoms with E-state index in [4.69, 9.17) is 19.4 Å². The molecule has 0 saturated carbocycles. The van der Waals surface area contributed by atoms with Crippen molar-refractivity contribution in [3.63, 3.8) is 0 Å². The summed E-state index contributed by atoms with van der Waals surface area (Å²) in [4.78, 5) is 24.8. The van der Waals surface area contributed by atoms with Gasteiger partial charge < -0.3 is 4.42 Å². The molecule has 8 aromatic carbocycles. The van der Waals surface area contributed by atoms with Crippen LogP contribution in [0.3, 0.4) is 0 Å². The number of para-hydroxylation sites is 1. The van der Waals surface area contributed by atoms with Gasteiger partial charge in [-0.1, -0.05) is 146 Å². The molecule has 0 atom stereocenters. The molecule has 4 heterocycles. The number of hydrogen-bond donors (Lipinski definition) is 0. The van der Waals surface area contributed by atoms with Crippen molar-refractivity contribution in [1.82, 2.24) is 24.9 Å². The standard InChI is InChI=1S/C53H31N5OS/c1-2-12-33(13-3-1)38-17-8-19-42-48-43(20-10-22-46(48)59-49(38)42)52-56-51(36-24-23-32-11-4-5-14-34(32)29-36)57-53(58-52)44-21-9-18-41-40-26-25-35(30-47(40)60-50(41)44)37-15-6-7-16-39(37)45-31-54-27-28-55-45/h1-31H. The van der Waals surface area contributed by atoms with Crippen LogP contribution in [0.1, 0.15) is 0 Å². The molecule has 0 spiro atoms. The molecule has 0 amide bonds. The number of aromatic nitrogens is 5. The third-order valence-corrected chi connectivity index (χ3v) is 12.5. The Labute approximate surface area is 348 Å². The van der Waals surface area contributed by atoms with Gasteiger partial charge >= 0.3 is 0 Å². The van der Waals surface area contributed by atoms with Crippen LogP contribution in [-0.4, -0.2) is 24.9 Å². The van der Waals surface area contributed by atoms with Crippen LogP contribution in [0.4, 0.5) is 0 Å². The van der Waals surface area contributed by atoms with Crippen LogP contribution < -0.4 is 0 Å². The first-order valence-corrected chi connectivity index (χ1v) is 20.6. The number of furan rings is 1. The van der Waals surface area contributed by atoms with Gasteiger partial charge in [-0.05, 0) is 51.7 Å². The molecule has 0 aliphatic carbocycles. The highest BCUT2D eigenvalue weighted by Gasteiger charge is 2.21. The molecule has 12 aromatic rings. The number of nitrogens with zero attached hydrogens (tertiary/aromatic N) is 5. The molecule has 0 aliphatic rings. The van der Waals surface area contributed by atoms with E-state index in [2.05, 4.69) is 156 Å². The third kappa shape index (κ3) is 5.67. The quantitative estimate of drug-likeness (QED) is 0.167. The first kappa shape index (κ1) is 34.2. The molecule has 6 nitrogen and oxygen atoms in total. The summed E-state index contributed by atoms with van der Waals surface area (Å²) in [6.07, 6.45) is 5.25. The Hall–Kier alpha value is -7.87. The van der Waals surface area contributed by atoms with E-state index >= 15 is 0 Å². The molecule has 60 heavy (non-hydrogen) atoms. The van der Waals surface area contributed by atoms with E-state index in [0.29, 0.717) is 17.5 Å². The Morgan fingerprint density at radius 1 is 0.433 bits per heavy atom. The van der Waals surface area contributed by atoms with Gasteiger partial charge in [-0.3, -0.25) is 9.97 Å². The van der Waals surface area contributed by atoms with Gasteiger partial charge in [0.25, 0.3) is 0 Å². The summed E-state index contributed by atoms with van der Waals surface area (Å²) in [6.45, 7) is 0. The molecule has 0 unspecified atom stereocenters. The van der Waals surface area contributed by atoms with Crippen LogP contribution in [0.5, 0.6) is 0 Å². The second-order valence-corrected chi connectivity index (χ2v) is 15.9. The Bertz CT molecular complexity index is 3620. The SMILES string of the molecule is c1ccc(-c2cccc3c2oc2cccc(-c4nc(-c5ccc6ccccc6c5)nc(-c5cccc6c5sc5cc(-c7ccccc7-c7cnccn7)ccc56)n4)c23)cc1. The zero-order valence-electron chi connectivity index (χ0n) is 32.0. The van der Waals surface area contributed by atoms with E-state index in [0.717, 1.165) is 93.0 Å². The Balaban J connectivity index is 1.06. The highest BCUT2D eigenvalue weighted by Crippen LogP contribution is 2.44. The molecule has 0 aliphatic heterocycles. The van der Waals surface area contributed by atoms with Crippen LogP contribution >= 0.6 is 11.3 Å². The van der Waals surface area contributed by atoms with Gasteiger partial charge in [0.15, 0.2) is 17.5 Å². The fraction of sp³-hybridized carbons (Fsp3) is 0. The van der Waals surface area contributed by atoms with Gasteiger partial charge in [-0.15, -0.1) is 11.3 Å². The van der Waals surface area contributed by atoms with Crippen molar-refractivity contribution in [2.45, 2.75) is 0 Å². The lowest BCUT2D eigenvalue weighted by atomic mass is 9.97. The zero-order chi connectivity index (χ0) is 39.6. The smallest absolute Gasteiger partial charge is 0.165 e. The van der Waals surface area contributed by atoms with Crippen molar-refractivity contribution >= 4 is 64.2 Å². The normalized spacial score (nSPS) is 11.7. The molecule has 7 heteroatoms. The summed E-state index contributed by atoms with van der Waals surface area (Å²) in [7, 11) is 0. The monoisotopic (exact) mass is 785 g/mol. The maximum Gasteiger partial charge on any atom is 0.165 e. The maximum atomic E-state index is 6.67. The van der Waals surface area contributed by atoms with Gasteiger partial charge in [0.2, 0.25) is 0 Å². The molecule has 12 rings (SSSR count). The van der Waals surface area contributed by atoms with E-state index < -0.39 is 0 Å². The van der Waals surface area contributed by atoms with Crippen molar-refractivity contribution < 1.29 is 4.42 Å². The van der Waals surface area contributed by atoms with E-state index in [1.807, 2.05) is 30.5 Å². The fourth-order valence-electron chi connectivity index (χ4n) is 8.49. The topological polar surface area (TPSA) is 77.6 Å². The number of fused-ring (bicyclic) bond motifs is 7. The Morgan fingerprint density at radius 3 is 2.00 bits per heavy atom. The summed E-state index contributed by atoms with van der Waals surface area (Å²) >= 11 is 1.76. The van der Waals surface area contributed by atoms with Crippen molar-refractivity contribution in [3.05, 3.63) is 188 Å².